The first-order valence-corrected chi connectivity index (χ1v) is 13.1. The fourth-order valence-corrected chi connectivity index (χ4v) is 7.42. The topological polar surface area (TPSA) is 92.8 Å². The molecule has 2 saturated carbocycles. The number of rotatable bonds is 6. The van der Waals surface area contributed by atoms with Crippen molar-refractivity contribution >= 4 is 39.1 Å². The lowest BCUT2D eigenvalue weighted by Crippen LogP contribution is -2.40. The van der Waals surface area contributed by atoms with Gasteiger partial charge in [0.25, 0.3) is 0 Å². The number of benzene rings is 2. The van der Waals surface area contributed by atoms with Crippen molar-refractivity contribution in [2.45, 2.75) is 17.9 Å². The van der Waals surface area contributed by atoms with Crippen LogP contribution in [-0.2, 0) is 26.2 Å². The van der Waals surface area contributed by atoms with Gasteiger partial charge in [-0.3, -0.25) is 14.5 Å². The average Bonchev–Trinajstić information content (AvgIpc) is 3.61. The second kappa shape index (κ2) is 7.66. The highest BCUT2D eigenvalue weighted by Crippen LogP contribution is 2.65. The van der Waals surface area contributed by atoms with Gasteiger partial charge in [-0.05, 0) is 66.0 Å². The molecule has 1 saturated heterocycles. The number of nitrogens with zero attached hydrogens (tertiary/aromatic N) is 1. The fourth-order valence-electron chi connectivity index (χ4n) is 6.05. The molecule has 7 rings (SSSR count). The molecule has 5 aliphatic rings. The lowest BCUT2D eigenvalue weighted by molar-refractivity contribution is -0.124. The van der Waals surface area contributed by atoms with Gasteiger partial charge in [0.1, 0.15) is 5.75 Å². The quantitative estimate of drug-likeness (QED) is 0.487. The zero-order valence-corrected chi connectivity index (χ0v) is 19.9. The smallest absolute Gasteiger partial charge is 0.240 e. The number of anilines is 1. The SMILES string of the molecule is COc1ccc(S(=O)(=O)NCc2ccc(N3C(=O)C4C5C=CC(C6CC56)C4C3=O)cc2)cc1Cl. The summed E-state index contributed by atoms with van der Waals surface area (Å²) in [6, 6.07) is 11.1. The Kier molecular flexibility index (Phi) is 4.92. The molecule has 1 aliphatic heterocycles. The van der Waals surface area contributed by atoms with Crippen molar-refractivity contribution in [2.75, 3.05) is 12.0 Å². The summed E-state index contributed by atoms with van der Waals surface area (Å²) in [5, 5.41) is 0.205. The normalized spacial score (nSPS) is 30.9. The molecule has 7 nitrogen and oxygen atoms in total. The molecule has 3 fully saturated rings. The number of allylic oxidation sites excluding steroid dienone is 2. The number of sulfonamides is 1. The monoisotopic (exact) mass is 498 g/mol. The number of hydrogen-bond donors (Lipinski definition) is 1. The Labute approximate surface area is 202 Å². The van der Waals surface area contributed by atoms with E-state index in [1.54, 1.807) is 24.3 Å². The molecule has 34 heavy (non-hydrogen) atoms. The van der Waals surface area contributed by atoms with Crippen LogP contribution in [0.4, 0.5) is 5.69 Å². The third-order valence-corrected chi connectivity index (χ3v) is 9.45. The van der Waals surface area contributed by atoms with Crippen molar-refractivity contribution in [1.82, 2.24) is 4.72 Å². The first-order valence-electron chi connectivity index (χ1n) is 11.3. The average molecular weight is 499 g/mol. The van der Waals surface area contributed by atoms with Crippen LogP contribution in [0.2, 0.25) is 5.02 Å². The predicted molar refractivity (Wildman–Crippen MR) is 126 cm³/mol. The van der Waals surface area contributed by atoms with E-state index in [0.29, 0.717) is 28.8 Å². The lowest BCUT2D eigenvalue weighted by Gasteiger charge is -2.37. The standard InChI is InChI=1S/C25H23ClN2O5S/c1-33-21-9-6-15(10-20(21)26)34(31,32)27-12-13-2-4-14(5-3-13)28-24(29)22-16-7-8-17(19-11-18(16)19)23(22)25(28)30/h2-10,16-19,22-23,27H,11-12H2,1H3. The second-order valence-electron chi connectivity index (χ2n) is 9.45. The molecule has 2 aromatic carbocycles. The summed E-state index contributed by atoms with van der Waals surface area (Å²) in [6.45, 7) is 0.0524. The van der Waals surface area contributed by atoms with Crippen molar-refractivity contribution in [3.8, 4) is 5.75 Å². The molecule has 9 heteroatoms. The Morgan fingerprint density at radius 2 is 1.62 bits per heavy atom. The van der Waals surface area contributed by atoms with Crippen LogP contribution in [0, 0.1) is 35.5 Å². The maximum absolute atomic E-state index is 13.2. The minimum atomic E-state index is -3.79. The molecule has 2 amide bonds. The van der Waals surface area contributed by atoms with Crippen LogP contribution >= 0.6 is 11.6 Å². The first-order chi connectivity index (χ1) is 16.3. The number of carbonyl (C=O) groups is 2. The molecule has 1 N–H and O–H groups in total. The number of imide groups is 1. The maximum Gasteiger partial charge on any atom is 0.240 e. The molecular weight excluding hydrogens is 476 g/mol. The Hall–Kier alpha value is -2.68. The number of halogens is 1. The van der Waals surface area contributed by atoms with Crippen LogP contribution in [0.1, 0.15) is 12.0 Å². The van der Waals surface area contributed by atoms with Crippen molar-refractivity contribution in [3.63, 3.8) is 0 Å². The highest BCUT2D eigenvalue weighted by molar-refractivity contribution is 7.89. The van der Waals surface area contributed by atoms with E-state index in [0.717, 1.165) is 6.42 Å². The highest BCUT2D eigenvalue weighted by Gasteiger charge is 2.67. The second-order valence-corrected chi connectivity index (χ2v) is 11.6. The van der Waals surface area contributed by atoms with Gasteiger partial charge in [0, 0.05) is 6.54 Å². The van der Waals surface area contributed by atoms with E-state index >= 15 is 0 Å². The fraction of sp³-hybridized carbons (Fsp3) is 0.360. The molecule has 0 aromatic heterocycles. The summed E-state index contributed by atoms with van der Waals surface area (Å²) in [5.41, 5.74) is 1.23. The van der Waals surface area contributed by atoms with Crippen LogP contribution in [0.5, 0.6) is 5.75 Å². The lowest BCUT2D eigenvalue weighted by atomic mass is 9.63. The molecular formula is C25H23ClN2O5S. The molecule has 1 heterocycles. The van der Waals surface area contributed by atoms with Gasteiger partial charge in [-0.25, -0.2) is 13.1 Å². The number of nitrogens with one attached hydrogen (secondary N) is 1. The largest absolute Gasteiger partial charge is 0.495 e. The summed E-state index contributed by atoms with van der Waals surface area (Å²) in [6.07, 6.45) is 5.43. The van der Waals surface area contributed by atoms with Gasteiger partial charge >= 0.3 is 0 Å². The summed E-state index contributed by atoms with van der Waals surface area (Å²) in [5.74, 6) is 1.18. The zero-order valence-electron chi connectivity index (χ0n) is 18.3. The summed E-state index contributed by atoms with van der Waals surface area (Å²) in [4.78, 5) is 27.8. The van der Waals surface area contributed by atoms with E-state index in [-0.39, 0.29) is 51.9 Å². The third kappa shape index (κ3) is 3.23. The van der Waals surface area contributed by atoms with Gasteiger partial charge < -0.3 is 4.74 Å². The highest BCUT2D eigenvalue weighted by atomic mass is 35.5. The van der Waals surface area contributed by atoms with Gasteiger partial charge in [-0.1, -0.05) is 35.9 Å². The Morgan fingerprint density at radius 3 is 2.18 bits per heavy atom. The van der Waals surface area contributed by atoms with Gasteiger partial charge in [0.2, 0.25) is 21.8 Å². The van der Waals surface area contributed by atoms with Crippen LogP contribution in [0.3, 0.4) is 0 Å². The Bertz CT molecular complexity index is 1300. The molecule has 2 bridgehead atoms. The molecule has 0 radical (unpaired) electrons. The van der Waals surface area contributed by atoms with E-state index < -0.39 is 10.0 Å². The van der Waals surface area contributed by atoms with Gasteiger partial charge in [-0.15, -0.1) is 0 Å². The zero-order chi connectivity index (χ0) is 23.8. The number of carbonyl (C=O) groups excluding carboxylic acids is 2. The summed E-state index contributed by atoms with van der Waals surface area (Å²) < 4.78 is 32.9. The molecule has 6 unspecified atom stereocenters. The van der Waals surface area contributed by atoms with Crippen molar-refractivity contribution < 1.29 is 22.7 Å². The number of amides is 2. The van der Waals surface area contributed by atoms with E-state index in [1.165, 1.54) is 30.2 Å². The van der Waals surface area contributed by atoms with E-state index in [4.69, 9.17) is 16.3 Å². The van der Waals surface area contributed by atoms with Gasteiger partial charge in [0.15, 0.2) is 0 Å². The van der Waals surface area contributed by atoms with E-state index in [1.807, 2.05) is 0 Å². The number of ether oxygens (including phenoxy) is 1. The van der Waals surface area contributed by atoms with Crippen molar-refractivity contribution in [2.24, 2.45) is 35.5 Å². The van der Waals surface area contributed by atoms with Gasteiger partial charge in [0.05, 0.1) is 34.6 Å². The minimum absolute atomic E-state index is 0.0343. The molecule has 2 aromatic rings. The molecule has 4 aliphatic carbocycles. The maximum atomic E-state index is 13.2. The van der Waals surface area contributed by atoms with E-state index in [9.17, 15) is 18.0 Å². The van der Waals surface area contributed by atoms with Crippen LogP contribution in [0.25, 0.3) is 0 Å². The van der Waals surface area contributed by atoms with E-state index in [2.05, 4.69) is 16.9 Å². The Balaban J connectivity index is 1.16. The molecule has 0 spiro atoms. The molecule has 176 valence electrons. The van der Waals surface area contributed by atoms with Crippen LogP contribution in [0.15, 0.2) is 59.5 Å². The minimum Gasteiger partial charge on any atom is -0.495 e. The Morgan fingerprint density at radius 1 is 1.00 bits per heavy atom. The molecule has 6 atom stereocenters. The number of hydrogen-bond acceptors (Lipinski definition) is 5. The van der Waals surface area contributed by atoms with Crippen molar-refractivity contribution in [1.29, 1.82) is 0 Å². The first kappa shape index (κ1) is 21.8. The third-order valence-electron chi connectivity index (χ3n) is 7.76. The van der Waals surface area contributed by atoms with Crippen molar-refractivity contribution in [3.05, 3.63) is 65.2 Å². The predicted octanol–water partition coefficient (Wildman–Crippen LogP) is 3.38. The summed E-state index contributed by atoms with van der Waals surface area (Å²) >= 11 is 6.05. The number of methoxy groups -OCH3 is 1. The van der Waals surface area contributed by atoms with Crippen LogP contribution < -0.4 is 14.4 Å². The summed E-state index contributed by atoms with van der Waals surface area (Å²) in [7, 11) is -2.33. The van der Waals surface area contributed by atoms with Gasteiger partial charge in [-0.2, -0.15) is 0 Å². The van der Waals surface area contributed by atoms with Crippen LogP contribution in [-0.4, -0.2) is 27.3 Å².